The van der Waals surface area contributed by atoms with Crippen molar-refractivity contribution in [3.8, 4) is 0 Å². The Morgan fingerprint density at radius 3 is 2.40 bits per heavy atom. The van der Waals surface area contributed by atoms with Gasteiger partial charge in [0.25, 0.3) is 10.2 Å². The van der Waals surface area contributed by atoms with E-state index in [9.17, 15) is 26.4 Å². The van der Waals surface area contributed by atoms with Gasteiger partial charge in [-0.25, -0.2) is 4.79 Å². The molecule has 0 radical (unpaired) electrons. The smallest absolute Gasteiger partial charge is 0.402 e. The van der Waals surface area contributed by atoms with Gasteiger partial charge < -0.3 is 5.11 Å². The highest BCUT2D eigenvalue weighted by Crippen LogP contribution is 2.21. The molecule has 6 nitrogen and oxygen atoms in total. The molecule has 0 aliphatic rings. The maximum absolute atomic E-state index is 11.9. The van der Waals surface area contributed by atoms with Gasteiger partial charge in [-0.1, -0.05) is 11.6 Å². The van der Waals surface area contributed by atoms with Crippen LogP contribution in [-0.2, 0) is 10.2 Å². The van der Waals surface area contributed by atoms with Crippen molar-refractivity contribution >= 4 is 33.5 Å². The van der Waals surface area contributed by atoms with E-state index in [2.05, 4.69) is 0 Å². The van der Waals surface area contributed by atoms with Gasteiger partial charge in [0.2, 0.25) is 0 Å². The fourth-order valence-electron chi connectivity index (χ4n) is 1.12. The van der Waals surface area contributed by atoms with Crippen LogP contribution in [0.15, 0.2) is 18.2 Å². The van der Waals surface area contributed by atoms with Crippen molar-refractivity contribution in [3.05, 3.63) is 28.8 Å². The highest BCUT2D eigenvalue weighted by molar-refractivity contribution is 7.90. The lowest BCUT2D eigenvalue weighted by Gasteiger charge is -2.11. The number of alkyl halides is 3. The van der Waals surface area contributed by atoms with Gasteiger partial charge in [0, 0.05) is 0 Å². The molecule has 0 aromatic heterocycles. The maximum Gasteiger partial charge on any atom is 0.402 e. The summed E-state index contributed by atoms with van der Waals surface area (Å²) in [5.41, 5.74) is -0.437. The fourth-order valence-corrected chi connectivity index (χ4v) is 2.24. The van der Waals surface area contributed by atoms with Crippen LogP contribution in [-0.4, -0.2) is 32.2 Å². The summed E-state index contributed by atoms with van der Waals surface area (Å²) in [5, 5.41) is 8.45. The van der Waals surface area contributed by atoms with Crippen LogP contribution < -0.4 is 9.44 Å². The molecule has 0 amide bonds. The van der Waals surface area contributed by atoms with Crippen molar-refractivity contribution in [1.29, 1.82) is 0 Å². The molecule has 0 aliphatic heterocycles. The quantitative estimate of drug-likeness (QED) is 0.766. The van der Waals surface area contributed by atoms with Gasteiger partial charge in [0.15, 0.2) is 0 Å². The zero-order valence-corrected chi connectivity index (χ0v) is 11.1. The molecule has 0 spiro atoms. The third-order valence-electron chi connectivity index (χ3n) is 1.91. The van der Waals surface area contributed by atoms with Crippen molar-refractivity contribution in [2.75, 3.05) is 11.3 Å². The summed E-state index contributed by atoms with van der Waals surface area (Å²) < 4.78 is 61.3. The first-order valence-electron chi connectivity index (χ1n) is 4.87. The molecule has 0 saturated carbocycles. The molecule has 11 heteroatoms. The third-order valence-corrected chi connectivity index (χ3v) is 3.26. The van der Waals surface area contributed by atoms with Crippen LogP contribution >= 0.6 is 11.6 Å². The van der Waals surface area contributed by atoms with Crippen LogP contribution in [0.2, 0.25) is 5.02 Å². The Bertz CT molecular complexity index is 618. The molecular formula is C9H8ClF3N2O4S. The second-order valence-electron chi connectivity index (χ2n) is 3.54. The van der Waals surface area contributed by atoms with E-state index in [1.807, 2.05) is 0 Å². The van der Waals surface area contributed by atoms with Gasteiger partial charge in [-0.3, -0.25) is 4.72 Å². The highest BCUT2D eigenvalue weighted by atomic mass is 35.5. The molecular weight excluding hydrogens is 325 g/mol. The topological polar surface area (TPSA) is 95.5 Å². The number of carboxylic acids is 1. The van der Waals surface area contributed by atoms with Gasteiger partial charge in [-0.2, -0.15) is 26.3 Å². The second-order valence-corrected chi connectivity index (χ2v) is 5.45. The molecule has 0 bridgehead atoms. The molecule has 0 saturated heterocycles. The number of benzene rings is 1. The first-order chi connectivity index (χ1) is 9.00. The number of hydrogen-bond donors (Lipinski definition) is 3. The fraction of sp³-hybridized carbons (Fsp3) is 0.222. The van der Waals surface area contributed by atoms with Gasteiger partial charge >= 0.3 is 12.1 Å². The largest absolute Gasteiger partial charge is 0.478 e. The Labute approximate surface area is 116 Å². The molecule has 3 N–H and O–H groups in total. The van der Waals surface area contributed by atoms with Crippen molar-refractivity contribution in [2.45, 2.75) is 6.18 Å². The molecule has 1 aromatic rings. The normalized spacial score (nSPS) is 12.2. The SMILES string of the molecule is O=C(O)c1ccc(NS(=O)(=O)NCC(F)(F)F)cc1Cl. The summed E-state index contributed by atoms with van der Waals surface area (Å²) in [6, 6.07) is 3.05. The number of nitrogens with one attached hydrogen (secondary N) is 2. The minimum absolute atomic E-state index is 0.172. The number of anilines is 1. The number of rotatable bonds is 5. The van der Waals surface area contributed by atoms with Crippen LogP contribution in [0.4, 0.5) is 18.9 Å². The Morgan fingerprint density at radius 1 is 1.35 bits per heavy atom. The zero-order chi connectivity index (χ0) is 15.6. The maximum atomic E-state index is 11.9. The Balaban J connectivity index is 2.83. The van der Waals surface area contributed by atoms with E-state index in [1.54, 1.807) is 4.72 Å². The first kappa shape index (κ1) is 16.5. The monoisotopic (exact) mass is 332 g/mol. The van der Waals surface area contributed by atoms with E-state index >= 15 is 0 Å². The summed E-state index contributed by atoms with van der Waals surface area (Å²) in [4.78, 5) is 10.7. The summed E-state index contributed by atoms with van der Waals surface area (Å²) in [6.07, 6.45) is -4.69. The predicted molar refractivity (Wildman–Crippen MR) is 65.0 cm³/mol. The van der Waals surface area contributed by atoms with E-state index in [0.717, 1.165) is 18.2 Å². The van der Waals surface area contributed by atoms with Crippen molar-refractivity contribution < 1.29 is 31.5 Å². The van der Waals surface area contributed by atoms with Gasteiger partial charge in [0.1, 0.15) is 6.54 Å². The van der Waals surface area contributed by atoms with E-state index < -0.39 is 28.9 Å². The zero-order valence-electron chi connectivity index (χ0n) is 9.53. The minimum atomic E-state index is -4.69. The lowest BCUT2D eigenvalue weighted by Crippen LogP contribution is -2.37. The van der Waals surface area contributed by atoms with Crippen LogP contribution in [0, 0.1) is 0 Å². The minimum Gasteiger partial charge on any atom is -0.478 e. The first-order valence-corrected chi connectivity index (χ1v) is 6.73. The molecule has 0 atom stereocenters. The molecule has 20 heavy (non-hydrogen) atoms. The summed E-state index contributed by atoms with van der Waals surface area (Å²) in [5.74, 6) is -1.32. The molecule has 0 heterocycles. The second kappa shape index (κ2) is 5.85. The molecule has 0 aliphatic carbocycles. The Hall–Kier alpha value is -1.52. The van der Waals surface area contributed by atoms with Crippen molar-refractivity contribution in [3.63, 3.8) is 0 Å². The number of halogens is 4. The molecule has 112 valence electrons. The Morgan fingerprint density at radius 2 is 1.95 bits per heavy atom. The van der Waals surface area contributed by atoms with E-state index in [0.29, 0.717) is 0 Å². The number of hydrogen-bond acceptors (Lipinski definition) is 3. The van der Waals surface area contributed by atoms with Gasteiger partial charge in [0.05, 0.1) is 16.3 Å². The highest BCUT2D eigenvalue weighted by Gasteiger charge is 2.29. The van der Waals surface area contributed by atoms with Crippen molar-refractivity contribution in [1.82, 2.24) is 4.72 Å². The number of carbonyl (C=O) groups is 1. The molecule has 0 unspecified atom stereocenters. The summed E-state index contributed by atoms with van der Waals surface area (Å²) in [7, 11) is -4.44. The average molecular weight is 333 g/mol. The average Bonchev–Trinajstić information content (AvgIpc) is 2.24. The Kier molecular flexibility index (Phi) is 4.84. The predicted octanol–water partition coefficient (Wildman–Crippen LogP) is 1.85. The molecule has 1 rings (SSSR count). The van der Waals surface area contributed by atoms with Crippen LogP contribution in [0.25, 0.3) is 0 Å². The number of aromatic carboxylic acids is 1. The van der Waals surface area contributed by atoms with E-state index in [1.165, 1.54) is 4.72 Å². The number of carboxylic acid groups (broad SMARTS) is 1. The van der Waals surface area contributed by atoms with Crippen LogP contribution in [0.5, 0.6) is 0 Å². The van der Waals surface area contributed by atoms with Crippen LogP contribution in [0.3, 0.4) is 0 Å². The molecule has 1 aromatic carbocycles. The lowest BCUT2D eigenvalue weighted by atomic mass is 10.2. The van der Waals surface area contributed by atoms with Gasteiger partial charge in [-0.05, 0) is 18.2 Å². The van der Waals surface area contributed by atoms with E-state index in [-0.39, 0.29) is 16.3 Å². The van der Waals surface area contributed by atoms with Crippen LogP contribution in [0.1, 0.15) is 10.4 Å². The van der Waals surface area contributed by atoms with E-state index in [4.69, 9.17) is 16.7 Å². The lowest BCUT2D eigenvalue weighted by molar-refractivity contribution is -0.121. The summed E-state index contributed by atoms with van der Waals surface area (Å²) in [6.45, 7) is -1.73. The third kappa shape index (κ3) is 5.23. The van der Waals surface area contributed by atoms with Gasteiger partial charge in [-0.15, -0.1) is 0 Å². The molecule has 0 fully saturated rings. The summed E-state index contributed by atoms with van der Waals surface area (Å²) >= 11 is 5.59. The van der Waals surface area contributed by atoms with Crippen molar-refractivity contribution in [2.24, 2.45) is 0 Å². The standard InChI is InChI=1S/C9H8ClF3N2O4S/c10-7-3-5(1-2-6(7)8(16)17)15-20(18,19)14-4-9(11,12)13/h1-3,14-15H,4H2,(H,16,17).